The van der Waals surface area contributed by atoms with Crippen molar-refractivity contribution >= 4 is 63.5 Å². The van der Waals surface area contributed by atoms with Crippen LogP contribution in [0.25, 0.3) is 22.4 Å². The molecule has 0 spiro atoms. The summed E-state index contributed by atoms with van der Waals surface area (Å²) in [5.41, 5.74) is 1.41. The van der Waals surface area contributed by atoms with Gasteiger partial charge in [-0.05, 0) is 76.7 Å². The summed E-state index contributed by atoms with van der Waals surface area (Å²) < 4.78 is 11.2. The van der Waals surface area contributed by atoms with E-state index in [1.54, 1.807) is 73.4 Å². The zero-order chi connectivity index (χ0) is 28.3. The van der Waals surface area contributed by atoms with Gasteiger partial charge < -0.3 is 9.88 Å². The van der Waals surface area contributed by atoms with E-state index in [4.69, 9.17) is 11.6 Å². The van der Waals surface area contributed by atoms with Crippen molar-refractivity contribution in [1.29, 1.82) is 0 Å². The summed E-state index contributed by atoms with van der Waals surface area (Å²) in [5.74, 6) is -0.244. The van der Waals surface area contributed by atoms with Crippen LogP contribution in [0.15, 0.2) is 84.3 Å². The number of carbonyl (C=O) groups is 2. The number of nitrogens with one attached hydrogen (secondary N) is 1. The monoisotopic (exact) mass is 619 g/mol. The maximum Gasteiger partial charge on any atom is 0.291 e. The number of pyridine rings is 2. The molecule has 1 N–H and O–H groups in total. The van der Waals surface area contributed by atoms with Gasteiger partial charge in [-0.1, -0.05) is 11.6 Å². The molecule has 0 aromatic carbocycles. The van der Waals surface area contributed by atoms with Crippen molar-refractivity contribution in [2.24, 2.45) is 0 Å². The quantitative estimate of drug-likeness (QED) is 0.208. The van der Waals surface area contributed by atoms with Crippen molar-refractivity contribution < 1.29 is 9.59 Å². The third-order valence-electron chi connectivity index (χ3n) is 6.06. The summed E-state index contributed by atoms with van der Waals surface area (Å²) in [7, 11) is 0. The lowest BCUT2D eigenvalue weighted by Crippen LogP contribution is -2.25. The van der Waals surface area contributed by atoms with Crippen LogP contribution in [-0.4, -0.2) is 39.8 Å². The molecular weight excluding hydrogens is 602 g/mol. The Morgan fingerprint density at radius 3 is 2.37 bits per heavy atom. The van der Waals surface area contributed by atoms with Gasteiger partial charge >= 0.3 is 0 Å². The molecule has 0 saturated heterocycles. The number of rotatable bonds is 9. The number of anilines is 1. The number of Topliss-reactive ketones (excluding diaryl/α,β-unsaturated/α-hetero) is 1. The number of carbonyl (C=O) groups excluding carboxylic acids is 2. The smallest absolute Gasteiger partial charge is 0.291 e. The van der Waals surface area contributed by atoms with Gasteiger partial charge in [-0.25, -0.2) is 8.75 Å². The highest BCUT2D eigenvalue weighted by molar-refractivity contribution is 7.16. The van der Waals surface area contributed by atoms with Crippen LogP contribution in [-0.2, 0) is 13.1 Å². The van der Waals surface area contributed by atoms with Crippen LogP contribution < -0.4 is 10.9 Å². The maximum absolute atomic E-state index is 14.0. The highest BCUT2D eigenvalue weighted by atomic mass is 35.5. The van der Waals surface area contributed by atoms with Gasteiger partial charge in [0.15, 0.2) is 5.78 Å². The number of nitrogens with zero attached hydrogens (tertiary/aromatic N) is 6. The van der Waals surface area contributed by atoms with Crippen LogP contribution in [0.2, 0.25) is 4.34 Å². The van der Waals surface area contributed by atoms with E-state index in [-0.39, 0.29) is 23.6 Å². The maximum atomic E-state index is 14.0. The summed E-state index contributed by atoms with van der Waals surface area (Å²) >= 11 is 9.64. The average molecular weight is 620 g/mol. The van der Waals surface area contributed by atoms with E-state index in [2.05, 4.69) is 24.1 Å². The predicted molar refractivity (Wildman–Crippen MR) is 160 cm³/mol. The molecule has 0 amide bonds. The van der Waals surface area contributed by atoms with Crippen LogP contribution in [0.1, 0.15) is 24.2 Å². The summed E-state index contributed by atoms with van der Waals surface area (Å²) in [6.45, 7) is 0.216. The summed E-state index contributed by atoms with van der Waals surface area (Å²) in [6, 6.07) is 13.9. The Bertz CT molecular complexity index is 1900. The molecular formula is C27H18ClN7O3S3. The lowest BCUT2D eigenvalue weighted by atomic mass is 10.00. The summed E-state index contributed by atoms with van der Waals surface area (Å²) in [4.78, 5) is 46.1. The molecule has 6 rings (SSSR count). The second-order valence-electron chi connectivity index (χ2n) is 8.64. The molecule has 204 valence electrons. The van der Waals surface area contributed by atoms with Crippen LogP contribution >= 0.6 is 46.0 Å². The van der Waals surface area contributed by atoms with Crippen molar-refractivity contribution in [1.82, 2.24) is 28.1 Å². The predicted octanol–water partition coefficient (Wildman–Crippen LogP) is 5.59. The average Bonchev–Trinajstić information content (AvgIpc) is 3.81. The highest BCUT2D eigenvalue weighted by Crippen LogP contribution is 2.31. The molecule has 0 aliphatic rings. The largest absolute Gasteiger partial charge is 0.365 e. The molecule has 6 aromatic rings. The van der Waals surface area contributed by atoms with E-state index in [9.17, 15) is 14.4 Å². The molecule has 6 heterocycles. The standard InChI is InChI=1S/C27H18ClN7O3S3/c28-23-2-1-17(39-23)14-30-24-13-19(33-35(24)26(37)22-6-11-32-41-22)25-18(16-3-8-29-9-4-16)7-12-34(27(25)38)15-20(36)21-5-10-31-40-21/h1-13,30H,14-15H2. The van der Waals surface area contributed by atoms with Gasteiger partial charge in [-0.15, -0.1) is 11.3 Å². The van der Waals surface area contributed by atoms with Gasteiger partial charge in [-0.2, -0.15) is 9.78 Å². The van der Waals surface area contributed by atoms with Gasteiger partial charge in [0.05, 0.1) is 27.9 Å². The molecule has 6 aromatic heterocycles. The van der Waals surface area contributed by atoms with Crippen LogP contribution in [0, 0.1) is 0 Å². The van der Waals surface area contributed by atoms with Gasteiger partial charge in [0.1, 0.15) is 16.4 Å². The molecule has 10 nitrogen and oxygen atoms in total. The Morgan fingerprint density at radius 2 is 1.68 bits per heavy atom. The van der Waals surface area contributed by atoms with Crippen LogP contribution in [0.4, 0.5) is 5.82 Å². The van der Waals surface area contributed by atoms with E-state index in [1.165, 1.54) is 20.6 Å². The minimum Gasteiger partial charge on any atom is -0.365 e. The highest BCUT2D eigenvalue weighted by Gasteiger charge is 2.23. The Kier molecular flexibility index (Phi) is 7.65. The van der Waals surface area contributed by atoms with E-state index in [1.807, 2.05) is 6.07 Å². The zero-order valence-corrected chi connectivity index (χ0v) is 24.1. The lowest BCUT2D eigenvalue weighted by Gasteiger charge is -2.11. The first-order valence-corrected chi connectivity index (χ1v) is 14.8. The number of halogens is 1. The Morgan fingerprint density at radius 1 is 0.927 bits per heavy atom. The summed E-state index contributed by atoms with van der Waals surface area (Å²) in [6.07, 6.45) is 7.93. The Labute approximate surface area is 249 Å². The number of aromatic nitrogens is 6. The number of thiophene rings is 1. The number of ketones is 1. The number of hydrogen-bond donors (Lipinski definition) is 1. The van der Waals surface area contributed by atoms with E-state index >= 15 is 0 Å². The van der Waals surface area contributed by atoms with E-state index < -0.39 is 11.5 Å². The molecule has 0 saturated carbocycles. The molecule has 14 heteroatoms. The Balaban J connectivity index is 1.47. The molecule has 0 unspecified atom stereocenters. The van der Waals surface area contributed by atoms with Crippen LogP contribution in [0.5, 0.6) is 0 Å². The molecule has 0 fully saturated rings. The topological polar surface area (TPSA) is 125 Å². The molecule has 41 heavy (non-hydrogen) atoms. The van der Waals surface area contributed by atoms with E-state index in [0.29, 0.717) is 32.0 Å². The second kappa shape index (κ2) is 11.7. The first kappa shape index (κ1) is 26.9. The van der Waals surface area contributed by atoms with Gasteiger partial charge in [0, 0.05) is 41.9 Å². The SMILES string of the molecule is O=C(Cn1ccc(-c2ccncc2)c(-c2cc(NCc3ccc(Cl)s3)n(C(=O)c3ccns3)n2)c1=O)c1ccns1. The van der Waals surface area contributed by atoms with Crippen molar-refractivity contribution in [2.75, 3.05) is 5.32 Å². The molecule has 0 atom stereocenters. The lowest BCUT2D eigenvalue weighted by molar-refractivity contribution is 0.0949. The third kappa shape index (κ3) is 5.65. The van der Waals surface area contributed by atoms with Gasteiger partial charge in [0.2, 0.25) is 0 Å². The third-order valence-corrected chi connectivity index (χ3v) is 8.82. The fourth-order valence-corrected chi connectivity index (χ4v) is 6.22. The van der Waals surface area contributed by atoms with E-state index in [0.717, 1.165) is 33.5 Å². The Hall–Kier alpha value is -4.30. The summed E-state index contributed by atoms with van der Waals surface area (Å²) in [5, 5.41) is 7.87. The molecule has 0 aliphatic carbocycles. The zero-order valence-electron chi connectivity index (χ0n) is 20.9. The van der Waals surface area contributed by atoms with Gasteiger partial charge in [0.25, 0.3) is 11.5 Å². The van der Waals surface area contributed by atoms with Crippen molar-refractivity contribution in [2.45, 2.75) is 13.1 Å². The normalized spacial score (nSPS) is 11.0. The molecule has 0 radical (unpaired) electrons. The fourth-order valence-electron chi connectivity index (χ4n) is 4.15. The molecule has 0 bridgehead atoms. The van der Waals surface area contributed by atoms with Crippen molar-refractivity contribution in [3.8, 4) is 22.4 Å². The second-order valence-corrected chi connectivity index (χ2v) is 12.1. The van der Waals surface area contributed by atoms with Gasteiger partial charge in [-0.3, -0.25) is 19.4 Å². The first-order chi connectivity index (χ1) is 20.0. The fraction of sp³-hybridized carbons (Fsp3) is 0.0741. The minimum absolute atomic E-state index is 0.171. The van der Waals surface area contributed by atoms with Crippen LogP contribution in [0.3, 0.4) is 0 Å². The number of hydrogen-bond acceptors (Lipinski definition) is 11. The minimum atomic E-state index is -0.427. The van der Waals surface area contributed by atoms with Crippen molar-refractivity contribution in [3.05, 3.63) is 109 Å². The van der Waals surface area contributed by atoms with Crippen molar-refractivity contribution in [3.63, 3.8) is 0 Å². The first-order valence-electron chi connectivity index (χ1n) is 12.1. The molecule has 0 aliphatic heterocycles.